The van der Waals surface area contributed by atoms with Gasteiger partial charge in [0.1, 0.15) is 17.6 Å². The number of hydrogen-bond donors (Lipinski definition) is 0. The number of hydrogen-bond acceptors (Lipinski definition) is 9. The standard InChI is InChI=1S/C32H34N8O2/c1-37-17-27-28(18-37)29(27)19-42-25-8-26(32-22(9-33)12-36-40(32)16-25)21-4-5-30(34-11-21)38-14-23-7-24(15-38)39(23)13-20-3-6-31(41-2)35-10-20/h3-6,8,10-12,16,23-24,27-29H,7,13-15,17-19H2,1-2H3. The quantitative estimate of drug-likeness (QED) is 0.321. The van der Waals surface area contributed by atoms with Gasteiger partial charge in [-0.1, -0.05) is 6.07 Å². The van der Waals surface area contributed by atoms with Crippen molar-refractivity contribution in [3.05, 3.63) is 66.2 Å². The zero-order valence-corrected chi connectivity index (χ0v) is 23.9. The van der Waals surface area contributed by atoms with Crippen LogP contribution in [-0.4, -0.2) is 88.4 Å². The molecule has 0 radical (unpaired) electrons. The van der Waals surface area contributed by atoms with Crippen molar-refractivity contribution < 1.29 is 9.47 Å². The zero-order valence-electron chi connectivity index (χ0n) is 23.9. The molecule has 10 heteroatoms. The second-order valence-corrected chi connectivity index (χ2v) is 12.3. The minimum Gasteiger partial charge on any atom is -0.492 e. The van der Waals surface area contributed by atoms with E-state index in [0.717, 1.165) is 66.3 Å². The van der Waals surface area contributed by atoms with Gasteiger partial charge in [-0.15, -0.1) is 0 Å². The summed E-state index contributed by atoms with van der Waals surface area (Å²) in [6.45, 7) is 5.89. The Hall–Kier alpha value is -4.20. The Morgan fingerprint density at radius 1 is 1.00 bits per heavy atom. The summed E-state index contributed by atoms with van der Waals surface area (Å²) in [6, 6.07) is 13.6. The largest absolute Gasteiger partial charge is 0.492 e. The first kappa shape index (κ1) is 25.5. The van der Waals surface area contributed by atoms with Gasteiger partial charge in [0, 0.05) is 80.3 Å². The van der Waals surface area contributed by atoms with Crippen LogP contribution in [0.4, 0.5) is 5.82 Å². The van der Waals surface area contributed by atoms with Crippen molar-refractivity contribution in [1.82, 2.24) is 29.4 Å². The molecule has 5 aliphatic rings. The molecule has 4 unspecified atom stereocenters. The van der Waals surface area contributed by atoms with Gasteiger partial charge >= 0.3 is 0 Å². The Kier molecular flexibility index (Phi) is 6.05. The first-order chi connectivity index (χ1) is 20.6. The van der Waals surface area contributed by atoms with E-state index < -0.39 is 0 Å². The molecule has 214 valence electrons. The molecule has 2 bridgehead atoms. The minimum atomic E-state index is 0.511. The molecule has 4 saturated heterocycles. The van der Waals surface area contributed by atoms with Crippen LogP contribution >= 0.6 is 0 Å². The van der Waals surface area contributed by atoms with Crippen LogP contribution in [0.15, 0.2) is 55.1 Å². The Balaban J connectivity index is 0.976. The zero-order chi connectivity index (χ0) is 28.4. The molecule has 1 saturated carbocycles. The summed E-state index contributed by atoms with van der Waals surface area (Å²) in [5.41, 5.74) is 4.41. The summed E-state index contributed by atoms with van der Waals surface area (Å²) in [4.78, 5) is 16.6. The summed E-state index contributed by atoms with van der Waals surface area (Å²) >= 11 is 0. The summed E-state index contributed by atoms with van der Waals surface area (Å²) < 4.78 is 13.3. The molecule has 0 spiro atoms. The van der Waals surface area contributed by atoms with Crippen molar-refractivity contribution in [2.75, 3.05) is 51.8 Å². The van der Waals surface area contributed by atoms with Crippen molar-refractivity contribution in [3.63, 3.8) is 0 Å². The van der Waals surface area contributed by atoms with Gasteiger partial charge in [0.15, 0.2) is 0 Å². The number of anilines is 1. The van der Waals surface area contributed by atoms with Gasteiger partial charge in [0.2, 0.25) is 5.88 Å². The van der Waals surface area contributed by atoms with E-state index in [2.05, 4.69) is 56.1 Å². The average molecular weight is 563 g/mol. The third kappa shape index (κ3) is 4.35. The second kappa shape index (κ2) is 9.96. The maximum Gasteiger partial charge on any atom is 0.212 e. The smallest absolute Gasteiger partial charge is 0.212 e. The Morgan fingerprint density at radius 3 is 2.52 bits per heavy atom. The molecular weight excluding hydrogens is 528 g/mol. The lowest BCUT2D eigenvalue weighted by Gasteiger charge is -2.56. The maximum absolute atomic E-state index is 9.77. The molecule has 0 aromatic carbocycles. The lowest BCUT2D eigenvalue weighted by atomic mass is 9.87. The first-order valence-electron chi connectivity index (χ1n) is 14.8. The van der Waals surface area contributed by atoms with Crippen LogP contribution in [0.5, 0.6) is 11.6 Å². The number of ether oxygens (including phenoxy) is 2. The van der Waals surface area contributed by atoms with Crippen LogP contribution in [0, 0.1) is 29.1 Å². The average Bonchev–Trinajstić information content (AvgIpc) is 3.31. The first-order valence-corrected chi connectivity index (χ1v) is 14.8. The monoisotopic (exact) mass is 562 g/mol. The van der Waals surface area contributed by atoms with Crippen LogP contribution < -0.4 is 14.4 Å². The number of methoxy groups -OCH3 is 1. The third-order valence-electron chi connectivity index (χ3n) is 9.80. The number of fused-ring (bicyclic) bond motifs is 4. The van der Waals surface area contributed by atoms with E-state index in [1.54, 1.807) is 17.8 Å². The molecular formula is C32H34N8O2. The summed E-state index contributed by atoms with van der Waals surface area (Å²) in [7, 11) is 3.84. The lowest BCUT2D eigenvalue weighted by molar-refractivity contribution is -0.00876. The van der Waals surface area contributed by atoms with E-state index in [0.29, 0.717) is 29.4 Å². The van der Waals surface area contributed by atoms with Crippen molar-refractivity contribution in [2.24, 2.45) is 17.8 Å². The van der Waals surface area contributed by atoms with Gasteiger partial charge in [-0.25, -0.2) is 14.5 Å². The molecule has 8 heterocycles. The molecule has 4 aromatic rings. The van der Waals surface area contributed by atoms with Crippen molar-refractivity contribution in [1.29, 1.82) is 5.26 Å². The number of likely N-dealkylation sites (tertiary alicyclic amines) is 1. The topological polar surface area (TPSA) is 95.1 Å². The predicted molar refractivity (Wildman–Crippen MR) is 157 cm³/mol. The number of aromatic nitrogens is 4. The van der Waals surface area contributed by atoms with Crippen LogP contribution in [0.2, 0.25) is 0 Å². The third-order valence-corrected chi connectivity index (χ3v) is 9.80. The van der Waals surface area contributed by atoms with Gasteiger partial charge in [-0.3, -0.25) is 4.90 Å². The number of pyridine rings is 3. The van der Waals surface area contributed by atoms with Crippen LogP contribution in [0.25, 0.3) is 16.6 Å². The molecule has 4 atom stereocenters. The fourth-order valence-corrected chi connectivity index (χ4v) is 7.48. The maximum atomic E-state index is 9.77. The highest BCUT2D eigenvalue weighted by Gasteiger charge is 2.55. The molecule has 1 aliphatic carbocycles. The molecule has 0 amide bonds. The number of piperidine rings is 2. The van der Waals surface area contributed by atoms with E-state index in [9.17, 15) is 5.26 Å². The highest BCUT2D eigenvalue weighted by atomic mass is 16.5. The lowest BCUT2D eigenvalue weighted by Crippen LogP contribution is -2.68. The van der Waals surface area contributed by atoms with E-state index in [1.807, 2.05) is 30.7 Å². The van der Waals surface area contributed by atoms with Gasteiger partial charge in [-0.05, 0) is 49.1 Å². The fourth-order valence-electron chi connectivity index (χ4n) is 7.48. The van der Waals surface area contributed by atoms with Crippen LogP contribution in [0.3, 0.4) is 0 Å². The van der Waals surface area contributed by atoms with Gasteiger partial charge in [0.25, 0.3) is 0 Å². The second-order valence-electron chi connectivity index (χ2n) is 12.3. The minimum absolute atomic E-state index is 0.511. The van der Waals surface area contributed by atoms with Crippen LogP contribution in [0.1, 0.15) is 17.5 Å². The fraction of sp³-hybridized carbons (Fsp3) is 0.438. The number of rotatable bonds is 8. The van der Waals surface area contributed by atoms with Crippen molar-refractivity contribution >= 4 is 11.3 Å². The molecule has 4 aliphatic heterocycles. The predicted octanol–water partition coefficient (Wildman–Crippen LogP) is 3.32. The van der Waals surface area contributed by atoms with Crippen molar-refractivity contribution in [2.45, 2.75) is 25.0 Å². The van der Waals surface area contributed by atoms with E-state index in [-0.39, 0.29) is 0 Å². The normalized spacial score (nSPS) is 26.5. The highest BCUT2D eigenvalue weighted by molar-refractivity contribution is 5.85. The SMILES string of the molecule is COc1ccc(CN2C3CC2CN(c2ccc(-c4cc(OCC5C6CN(C)CC56)cn5ncc(C#N)c45)cn2)C3)cn1. The molecule has 5 fully saturated rings. The van der Waals surface area contributed by atoms with E-state index >= 15 is 0 Å². The Morgan fingerprint density at radius 2 is 1.83 bits per heavy atom. The summed E-state index contributed by atoms with van der Waals surface area (Å²) in [6.07, 6.45) is 8.57. The molecule has 10 nitrogen and oxygen atoms in total. The van der Waals surface area contributed by atoms with E-state index in [1.165, 1.54) is 25.1 Å². The van der Waals surface area contributed by atoms with E-state index in [4.69, 9.17) is 14.5 Å². The molecule has 9 rings (SSSR count). The summed E-state index contributed by atoms with van der Waals surface area (Å²) in [5, 5.41) is 14.2. The van der Waals surface area contributed by atoms with Crippen molar-refractivity contribution in [3.8, 4) is 28.8 Å². The van der Waals surface area contributed by atoms with Gasteiger partial charge in [0.05, 0.1) is 37.2 Å². The molecule has 0 N–H and O–H groups in total. The van der Waals surface area contributed by atoms with Gasteiger partial charge in [-0.2, -0.15) is 10.4 Å². The van der Waals surface area contributed by atoms with Gasteiger partial charge < -0.3 is 19.3 Å². The number of nitriles is 1. The molecule has 42 heavy (non-hydrogen) atoms. The highest BCUT2D eigenvalue weighted by Crippen LogP contribution is 2.51. The number of piperazine rings is 1. The molecule has 4 aromatic heterocycles. The van der Waals surface area contributed by atoms with Crippen LogP contribution in [-0.2, 0) is 6.54 Å². The number of nitrogens with zero attached hydrogens (tertiary/aromatic N) is 8. The Labute approximate surface area is 245 Å². The summed E-state index contributed by atoms with van der Waals surface area (Å²) in [5.74, 6) is 4.56. The Bertz CT molecular complexity index is 1640.